The first-order valence-electron chi connectivity index (χ1n) is 5.35. The lowest BCUT2D eigenvalue weighted by Gasteiger charge is -2.31. The molecule has 0 unspecified atom stereocenters. The van der Waals surface area contributed by atoms with Crippen molar-refractivity contribution in [2.75, 3.05) is 0 Å². The fraction of sp³-hybridized carbons (Fsp3) is 1.00. The van der Waals surface area contributed by atoms with Crippen LogP contribution < -0.4 is 0 Å². The molecule has 0 aromatic heterocycles. The SMILES string of the molecule is CCCC[Si]1(Cl)CCC(C)CC1. The summed E-state index contributed by atoms with van der Waals surface area (Å²) in [6.45, 7) is 4.63. The molecule has 0 saturated carbocycles. The quantitative estimate of drug-likeness (QED) is 0.472. The van der Waals surface area contributed by atoms with Crippen LogP contribution in [0.1, 0.15) is 39.5 Å². The Morgan fingerprint density at radius 2 is 1.92 bits per heavy atom. The van der Waals surface area contributed by atoms with Gasteiger partial charge in [0.1, 0.15) is 0 Å². The van der Waals surface area contributed by atoms with E-state index in [-0.39, 0.29) is 0 Å². The molecule has 0 bridgehead atoms. The van der Waals surface area contributed by atoms with Crippen LogP contribution in [0, 0.1) is 5.92 Å². The van der Waals surface area contributed by atoms with Crippen molar-refractivity contribution < 1.29 is 0 Å². The van der Waals surface area contributed by atoms with Gasteiger partial charge in [-0.2, -0.15) is 11.1 Å². The van der Waals surface area contributed by atoms with Gasteiger partial charge in [0.2, 0.25) is 0 Å². The van der Waals surface area contributed by atoms with Crippen molar-refractivity contribution in [2.24, 2.45) is 5.92 Å². The van der Waals surface area contributed by atoms with Crippen molar-refractivity contribution in [1.82, 2.24) is 0 Å². The highest BCUT2D eigenvalue weighted by atomic mass is 35.6. The highest BCUT2D eigenvalue weighted by Crippen LogP contribution is 2.38. The number of hydrogen-bond acceptors (Lipinski definition) is 0. The van der Waals surface area contributed by atoms with Crippen LogP contribution in [0.4, 0.5) is 0 Å². The van der Waals surface area contributed by atoms with Crippen LogP contribution in [0.5, 0.6) is 0 Å². The van der Waals surface area contributed by atoms with Crippen LogP contribution in [0.25, 0.3) is 0 Å². The Labute approximate surface area is 82.4 Å². The first-order valence-corrected chi connectivity index (χ1v) is 8.98. The second-order valence-electron chi connectivity index (χ2n) is 4.44. The lowest BCUT2D eigenvalue weighted by Crippen LogP contribution is -2.31. The summed E-state index contributed by atoms with van der Waals surface area (Å²) < 4.78 is 0. The number of halogens is 1. The van der Waals surface area contributed by atoms with Crippen molar-refractivity contribution in [2.45, 2.75) is 57.7 Å². The molecule has 0 nitrogen and oxygen atoms in total. The van der Waals surface area contributed by atoms with Crippen molar-refractivity contribution in [3.05, 3.63) is 0 Å². The van der Waals surface area contributed by atoms with Gasteiger partial charge in [-0.15, -0.1) is 0 Å². The van der Waals surface area contributed by atoms with Crippen LogP contribution in [0.3, 0.4) is 0 Å². The van der Waals surface area contributed by atoms with E-state index in [9.17, 15) is 0 Å². The largest absolute Gasteiger partial charge is 0.167 e. The molecule has 1 rings (SSSR count). The lowest BCUT2D eigenvalue weighted by molar-refractivity contribution is 0.513. The van der Waals surface area contributed by atoms with Crippen LogP contribution in [-0.2, 0) is 0 Å². The maximum Gasteiger partial charge on any atom is 0.156 e. The topological polar surface area (TPSA) is 0 Å². The van der Waals surface area contributed by atoms with Gasteiger partial charge in [0.05, 0.1) is 0 Å². The Morgan fingerprint density at radius 1 is 1.33 bits per heavy atom. The monoisotopic (exact) mass is 204 g/mol. The second kappa shape index (κ2) is 4.66. The molecular weight excluding hydrogens is 184 g/mol. The van der Waals surface area contributed by atoms with Gasteiger partial charge >= 0.3 is 0 Å². The van der Waals surface area contributed by atoms with E-state index in [1.54, 1.807) is 0 Å². The third-order valence-electron chi connectivity index (χ3n) is 3.15. The van der Waals surface area contributed by atoms with Crippen molar-refractivity contribution >= 4 is 18.5 Å². The number of hydrogen-bond donors (Lipinski definition) is 0. The van der Waals surface area contributed by atoms with Crippen molar-refractivity contribution in [3.8, 4) is 0 Å². The van der Waals surface area contributed by atoms with Gasteiger partial charge < -0.3 is 0 Å². The van der Waals surface area contributed by atoms with Crippen molar-refractivity contribution in [3.63, 3.8) is 0 Å². The molecule has 0 radical (unpaired) electrons. The molecule has 0 aliphatic carbocycles. The zero-order valence-corrected chi connectivity index (χ0v) is 10.2. The van der Waals surface area contributed by atoms with E-state index in [2.05, 4.69) is 13.8 Å². The molecule has 0 N–H and O–H groups in total. The van der Waals surface area contributed by atoms with Crippen LogP contribution >= 0.6 is 11.1 Å². The molecular formula is C10H21ClSi. The molecule has 1 saturated heterocycles. The standard InChI is InChI=1S/C10H21ClSi/c1-3-4-7-12(11)8-5-10(2)6-9-12/h10H,3-9H2,1-2H3. The maximum absolute atomic E-state index is 6.66. The molecule has 0 amide bonds. The molecule has 1 aliphatic heterocycles. The molecule has 72 valence electrons. The maximum atomic E-state index is 6.66. The highest BCUT2D eigenvalue weighted by Gasteiger charge is 2.33. The Hall–Kier alpha value is 0.507. The Kier molecular flexibility index (Phi) is 4.11. The molecule has 0 aromatic rings. The summed E-state index contributed by atoms with van der Waals surface area (Å²) in [5.41, 5.74) is 0. The summed E-state index contributed by atoms with van der Waals surface area (Å²) in [6.07, 6.45) is 5.49. The molecule has 0 spiro atoms. The van der Waals surface area contributed by atoms with Gasteiger partial charge in [-0.05, 0) is 24.1 Å². The fourth-order valence-corrected chi connectivity index (χ4v) is 6.84. The smallest absolute Gasteiger partial charge is 0.156 e. The summed E-state index contributed by atoms with van der Waals surface area (Å²) in [7, 11) is -1.23. The normalized spacial score (nSPS) is 36.8. The van der Waals surface area contributed by atoms with E-state index in [4.69, 9.17) is 11.1 Å². The summed E-state index contributed by atoms with van der Waals surface area (Å²) in [6, 6.07) is 4.14. The molecule has 12 heavy (non-hydrogen) atoms. The zero-order chi connectivity index (χ0) is 9.03. The van der Waals surface area contributed by atoms with E-state index >= 15 is 0 Å². The predicted octanol–water partition coefficient (Wildman–Crippen LogP) is 4.40. The summed E-state index contributed by atoms with van der Waals surface area (Å²) in [5, 5.41) is 0. The second-order valence-corrected chi connectivity index (χ2v) is 10.6. The molecule has 2 heteroatoms. The first kappa shape index (κ1) is 10.6. The van der Waals surface area contributed by atoms with Crippen LogP contribution in [0.2, 0.25) is 18.1 Å². The minimum absolute atomic E-state index is 0.950. The number of rotatable bonds is 3. The first-order chi connectivity index (χ1) is 5.66. The van der Waals surface area contributed by atoms with Crippen molar-refractivity contribution in [1.29, 1.82) is 0 Å². The van der Waals surface area contributed by atoms with E-state index in [1.807, 2.05) is 0 Å². The van der Waals surface area contributed by atoms with Gasteiger partial charge in [0, 0.05) is 0 Å². The molecule has 1 aliphatic rings. The van der Waals surface area contributed by atoms with Gasteiger partial charge in [-0.25, -0.2) is 0 Å². The van der Waals surface area contributed by atoms with E-state index in [1.165, 1.54) is 43.8 Å². The highest BCUT2D eigenvalue weighted by molar-refractivity contribution is 7.20. The Morgan fingerprint density at radius 3 is 2.42 bits per heavy atom. The Balaban J connectivity index is 2.29. The van der Waals surface area contributed by atoms with Gasteiger partial charge in [0.15, 0.2) is 7.38 Å². The average Bonchev–Trinajstić information content (AvgIpc) is 2.08. The third kappa shape index (κ3) is 3.10. The lowest BCUT2D eigenvalue weighted by atomic mass is 10.1. The average molecular weight is 205 g/mol. The predicted molar refractivity (Wildman–Crippen MR) is 59.3 cm³/mol. The molecule has 0 aromatic carbocycles. The fourth-order valence-electron chi connectivity index (χ4n) is 2.02. The summed E-state index contributed by atoms with van der Waals surface area (Å²) >= 11 is 6.66. The molecule has 0 atom stereocenters. The van der Waals surface area contributed by atoms with Gasteiger partial charge in [-0.1, -0.05) is 39.5 Å². The van der Waals surface area contributed by atoms with E-state index < -0.39 is 7.38 Å². The molecule has 1 fully saturated rings. The number of unbranched alkanes of at least 4 members (excludes halogenated alkanes) is 1. The summed E-state index contributed by atoms with van der Waals surface area (Å²) in [5.74, 6) is 0.950. The van der Waals surface area contributed by atoms with Gasteiger partial charge in [-0.3, -0.25) is 0 Å². The van der Waals surface area contributed by atoms with Crippen LogP contribution in [0.15, 0.2) is 0 Å². The van der Waals surface area contributed by atoms with Gasteiger partial charge in [0.25, 0.3) is 0 Å². The zero-order valence-electron chi connectivity index (χ0n) is 8.41. The van der Waals surface area contributed by atoms with E-state index in [0.29, 0.717) is 0 Å². The van der Waals surface area contributed by atoms with E-state index in [0.717, 1.165) is 5.92 Å². The summed E-state index contributed by atoms with van der Waals surface area (Å²) in [4.78, 5) is 0. The molecule has 1 heterocycles. The van der Waals surface area contributed by atoms with Crippen LogP contribution in [-0.4, -0.2) is 7.38 Å². The minimum Gasteiger partial charge on any atom is -0.167 e. The third-order valence-corrected chi connectivity index (χ3v) is 8.47. The minimum atomic E-state index is -1.23. The Bertz CT molecular complexity index is 122.